The molecule has 0 N–H and O–H groups in total. The number of aromatic nitrogens is 2. The Hall–Kier alpha value is -1.57. The molecule has 0 saturated carbocycles. The van der Waals surface area contributed by atoms with Crippen molar-refractivity contribution < 1.29 is 4.74 Å². The van der Waals surface area contributed by atoms with E-state index in [1.54, 1.807) is 6.07 Å². The van der Waals surface area contributed by atoms with E-state index in [0.29, 0.717) is 17.4 Å². The Morgan fingerprint density at radius 3 is 3.10 bits per heavy atom. The van der Waals surface area contributed by atoms with Crippen molar-refractivity contribution >= 4 is 22.6 Å². The lowest BCUT2D eigenvalue weighted by molar-refractivity contribution is 0.175. The van der Waals surface area contributed by atoms with Crippen LogP contribution in [-0.2, 0) is 10.6 Å². The normalized spacial score (nSPS) is 20.1. The van der Waals surface area contributed by atoms with Gasteiger partial charge in [0.05, 0.1) is 23.6 Å². The van der Waals surface area contributed by atoms with E-state index in [1.807, 2.05) is 12.1 Å². The maximum absolute atomic E-state index is 9.21. The van der Waals surface area contributed by atoms with Crippen LogP contribution in [0.2, 0.25) is 0 Å². The smallest absolute Gasteiger partial charge is 0.125 e. The van der Waals surface area contributed by atoms with Crippen LogP contribution in [0.4, 0.5) is 0 Å². The maximum atomic E-state index is 9.21. The molecule has 2 unspecified atom stereocenters. The van der Waals surface area contributed by atoms with Crippen molar-refractivity contribution in [2.75, 3.05) is 13.2 Å². The summed E-state index contributed by atoms with van der Waals surface area (Å²) in [5, 5.41) is 9.21. The van der Waals surface area contributed by atoms with E-state index >= 15 is 0 Å². The van der Waals surface area contributed by atoms with Gasteiger partial charge in [-0.15, -0.1) is 11.6 Å². The average molecular weight is 290 g/mol. The van der Waals surface area contributed by atoms with Gasteiger partial charge in [-0.3, -0.25) is 0 Å². The van der Waals surface area contributed by atoms with Gasteiger partial charge in [0.1, 0.15) is 17.4 Å². The minimum absolute atomic E-state index is 0.269. The Balaban J connectivity index is 2.15. The highest BCUT2D eigenvalue weighted by molar-refractivity contribution is 6.16. The molecule has 4 nitrogen and oxygen atoms in total. The predicted molar refractivity (Wildman–Crippen MR) is 77.6 cm³/mol. The number of benzene rings is 1. The number of fused-ring (bicyclic) bond motifs is 1. The summed E-state index contributed by atoms with van der Waals surface area (Å²) >= 11 is 6.05. The summed E-state index contributed by atoms with van der Waals surface area (Å²) in [5.41, 5.74) is 2.33. The zero-order chi connectivity index (χ0) is 14.1. The van der Waals surface area contributed by atoms with E-state index in [0.717, 1.165) is 36.5 Å². The SMILES string of the molecule is CC(C1CCOC1)n1c(CCl)nc2c(C#N)cccc21. The second kappa shape index (κ2) is 5.43. The molecule has 2 atom stereocenters. The molecule has 1 aliphatic rings. The van der Waals surface area contributed by atoms with Crippen LogP contribution in [0.15, 0.2) is 18.2 Å². The van der Waals surface area contributed by atoms with E-state index in [-0.39, 0.29) is 6.04 Å². The summed E-state index contributed by atoms with van der Waals surface area (Å²) < 4.78 is 7.66. The Bertz CT molecular complexity index is 668. The van der Waals surface area contributed by atoms with Crippen molar-refractivity contribution in [3.8, 4) is 6.07 Å². The number of rotatable bonds is 3. The van der Waals surface area contributed by atoms with Crippen molar-refractivity contribution in [2.24, 2.45) is 5.92 Å². The Morgan fingerprint density at radius 1 is 1.60 bits per heavy atom. The van der Waals surface area contributed by atoms with E-state index in [2.05, 4.69) is 22.5 Å². The molecule has 0 aliphatic carbocycles. The molecule has 1 saturated heterocycles. The van der Waals surface area contributed by atoms with Crippen molar-refractivity contribution in [3.63, 3.8) is 0 Å². The first-order valence-electron chi connectivity index (χ1n) is 6.80. The molecule has 2 aromatic rings. The van der Waals surface area contributed by atoms with Gasteiger partial charge in [-0.05, 0) is 25.5 Å². The van der Waals surface area contributed by atoms with Gasteiger partial charge in [0.25, 0.3) is 0 Å². The van der Waals surface area contributed by atoms with Crippen molar-refractivity contribution in [2.45, 2.75) is 25.3 Å². The van der Waals surface area contributed by atoms with Gasteiger partial charge in [0.15, 0.2) is 0 Å². The molecule has 1 fully saturated rings. The first-order chi connectivity index (χ1) is 9.76. The summed E-state index contributed by atoms with van der Waals surface area (Å²) in [7, 11) is 0. The number of para-hydroxylation sites is 1. The molecule has 1 aromatic carbocycles. The van der Waals surface area contributed by atoms with Crippen LogP contribution in [0, 0.1) is 17.2 Å². The lowest BCUT2D eigenvalue weighted by Crippen LogP contribution is -2.18. The van der Waals surface area contributed by atoms with E-state index < -0.39 is 0 Å². The Labute approximate surface area is 122 Å². The second-order valence-electron chi connectivity index (χ2n) is 5.18. The summed E-state index contributed by atoms with van der Waals surface area (Å²) in [6.07, 6.45) is 1.06. The molecule has 5 heteroatoms. The van der Waals surface area contributed by atoms with Crippen molar-refractivity contribution in [3.05, 3.63) is 29.6 Å². The van der Waals surface area contributed by atoms with E-state index in [9.17, 15) is 5.26 Å². The summed E-state index contributed by atoms with van der Waals surface area (Å²) in [5.74, 6) is 1.64. The van der Waals surface area contributed by atoms with Gasteiger partial charge < -0.3 is 9.30 Å². The van der Waals surface area contributed by atoms with Crippen LogP contribution < -0.4 is 0 Å². The molecule has 0 amide bonds. The minimum Gasteiger partial charge on any atom is -0.381 e. The first-order valence-corrected chi connectivity index (χ1v) is 7.33. The van der Waals surface area contributed by atoms with Crippen LogP contribution in [0.1, 0.15) is 30.8 Å². The standard InChI is InChI=1S/C15H16ClN3O/c1-10(12-5-6-20-9-12)19-13-4-2-3-11(8-17)15(13)18-14(19)7-16/h2-4,10,12H,5-7,9H2,1H3. The number of hydrogen-bond acceptors (Lipinski definition) is 3. The molecule has 20 heavy (non-hydrogen) atoms. The van der Waals surface area contributed by atoms with Gasteiger partial charge in [-0.2, -0.15) is 5.26 Å². The minimum atomic E-state index is 0.269. The van der Waals surface area contributed by atoms with Crippen LogP contribution in [0.25, 0.3) is 11.0 Å². The van der Waals surface area contributed by atoms with Crippen LogP contribution in [0.3, 0.4) is 0 Å². The maximum Gasteiger partial charge on any atom is 0.125 e. The van der Waals surface area contributed by atoms with Gasteiger partial charge in [-0.1, -0.05) is 6.07 Å². The topological polar surface area (TPSA) is 50.8 Å². The number of hydrogen-bond donors (Lipinski definition) is 0. The van der Waals surface area contributed by atoms with Crippen molar-refractivity contribution in [1.82, 2.24) is 9.55 Å². The number of ether oxygens (including phenoxy) is 1. The zero-order valence-electron chi connectivity index (χ0n) is 11.3. The molecule has 3 rings (SSSR count). The third-order valence-corrected chi connectivity index (χ3v) is 4.33. The Kier molecular flexibility index (Phi) is 3.64. The molecule has 2 heterocycles. The van der Waals surface area contributed by atoms with Crippen LogP contribution in [0.5, 0.6) is 0 Å². The predicted octanol–water partition coefficient (Wildman–Crippen LogP) is 3.24. The van der Waals surface area contributed by atoms with E-state index in [4.69, 9.17) is 16.3 Å². The fourth-order valence-electron chi connectivity index (χ4n) is 2.95. The third-order valence-electron chi connectivity index (χ3n) is 4.09. The summed E-state index contributed by atoms with van der Waals surface area (Å²) in [6, 6.07) is 8.16. The summed E-state index contributed by atoms with van der Waals surface area (Å²) in [4.78, 5) is 4.56. The molecule has 1 aromatic heterocycles. The molecule has 104 valence electrons. The van der Waals surface area contributed by atoms with Gasteiger partial charge >= 0.3 is 0 Å². The number of nitriles is 1. The molecule has 0 spiro atoms. The van der Waals surface area contributed by atoms with Gasteiger partial charge in [-0.25, -0.2) is 4.98 Å². The lowest BCUT2D eigenvalue weighted by atomic mass is 10.00. The molecular formula is C15H16ClN3O. The average Bonchev–Trinajstić information content (AvgIpc) is 3.12. The zero-order valence-corrected chi connectivity index (χ0v) is 12.1. The highest BCUT2D eigenvalue weighted by Crippen LogP contribution is 2.32. The van der Waals surface area contributed by atoms with Crippen LogP contribution >= 0.6 is 11.6 Å². The van der Waals surface area contributed by atoms with Crippen molar-refractivity contribution in [1.29, 1.82) is 5.26 Å². The fraction of sp³-hybridized carbons (Fsp3) is 0.467. The molecule has 1 aliphatic heterocycles. The van der Waals surface area contributed by atoms with Gasteiger partial charge in [0.2, 0.25) is 0 Å². The third kappa shape index (κ3) is 2.07. The lowest BCUT2D eigenvalue weighted by Gasteiger charge is -2.22. The van der Waals surface area contributed by atoms with Gasteiger partial charge in [0, 0.05) is 18.6 Å². The van der Waals surface area contributed by atoms with Crippen LogP contribution in [-0.4, -0.2) is 22.8 Å². The number of halogens is 1. The quantitative estimate of drug-likeness (QED) is 0.815. The molecular weight excluding hydrogens is 274 g/mol. The molecule has 0 bridgehead atoms. The highest BCUT2D eigenvalue weighted by atomic mass is 35.5. The number of imidazole rings is 1. The second-order valence-corrected chi connectivity index (χ2v) is 5.45. The molecule has 0 radical (unpaired) electrons. The largest absolute Gasteiger partial charge is 0.381 e. The number of nitrogens with zero attached hydrogens (tertiary/aromatic N) is 3. The highest BCUT2D eigenvalue weighted by Gasteiger charge is 2.27. The first kappa shape index (κ1) is 13.4. The fourth-order valence-corrected chi connectivity index (χ4v) is 3.14. The Morgan fingerprint density at radius 2 is 2.45 bits per heavy atom. The summed E-state index contributed by atoms with van der Waals surface area (Å²) in [6.45, 7) is 3.78. The van der Waals surface area contributed by atoms with E-state index in [1.165, 1.54) is 0 Å². The monoisotopic (exact) mass is 289 g/mol. The number of alkyl halides is 1.